The van der Waals surface area contributed by atoms with Crippen molar-refractivity contribution in [1.82, 2.24) is 0 Å². The van der Waals surface area contributed by atoms with Crippen LogP contribution in [0, 0.1) is 5.41 Å². The van der Waals surface area contributed by atoms with Crippen LogP contribution >= 0.6 is 0 Å². The molecular weight excluding hydrogens is 396 g/mol. The van der Waals surface area contributed by atoms with Crippen molar-refractivity contribution < 1.29 is 23.9 Å². The van der Waals surface area contributed by atoms with E-state index in [1.165, 1.54) is 0 Å². The number of anilines is 1. The Morgan fingerprint density at radius 3 is 2.68 bits per heavy atom. The Kier molecular flexibility index (Phi) is 4.80. The summed E-state index contributed by atoms with van der Waals surface area (Å²) < 4.78 is 11.0. The molecule has 162 valence electrons. The molecule has 0 fully saturated rings. The number of hydrogen-bond acceptors (Lipinski definition) is 7. The van der Waals surface area contributed by atoms with Gasteiger partial charge in [-0.2, -0.15) is 0 Å². The van der Waals surface area contributed by atoms with Crippen molar-refractivity contribution in [1.29, 1.82) is 0 Å². The van der Waals surface area contributed by atoms with Crippen LogP contribution < -0.4 is 10.6 Å². The topological polar surface area (TPSA) is 98.9 Å². The molecule has 31 heavy (non-hydrogen) atoms. The number of carbonyl (C=O) groups excluding carboxylic acids is 3. The molecule has 0 saturated heterocycles. The Hall–Kier alpha value is -3.35. The van der Waals surface area contributed by atoms with Crippen LogP contribution in [-0.4, -0.2) is 30.9 Å². The zero-order valence-electron chi connectivity index (χ0n) is 18.0. The summed E-state index contributed by atoms with van der Waals surface area (Å²) in [5.41, 5.74) is 5.64. The van der Waals surface area contributed by atoms with Gasteiger partial charge in [0, 0.05) is 30.6 Å². The first-order valence-corrected chi connectivity index (χ1v) is 10.3. The smallest absolute Gasteiger partial charge is 0.339 e. The lowest BCUT2D eigenvalue weighted by Crippen LogP contribution is -2.51. The van der Waals surface area contributed by atoms with Crippen molar-refractivity contribution in [2.24, 2.45) is 11.1 Å². The van der Waals surface area contributed by atoms with E-state index in [0.717, 1.165) is 0 Å². The fourth-order valence-corrected chi connectivity index (χ4v) is 4.94. The average molecular weight is 422 g/mol. The summed E-state index contributed by atoms with van der Waals surface area (Å²) in [5.74, 6) is -1.29. The highest BCUT2D eigenvalue weighted by Crippen LogP contribution is 2.57. The number of carbonyl (C=O) groups is 3. The van der Waals surface area contributed by atoms with Gasteiger partial charge in [0.15, 0.2) is 11.2 Å². The first-order chi connectivity index (χ1) is 14.7. The molecule has 1 atom stereocenters. The number of ketones is 1. The monoisotopic (exact) mass is 422 g/mol. The third-order valence-corrected chi connectivity index (χ3v) is 6.05. The lowest BCUT2D eigenvalue weighted by Gasteiger charge is -2.42. The number of esters is 2. The van der Waals surface area contributed by atoms with E-state index in [4.69, 9.17) is 15.2 Å². The fraction of sp³-hybridized carbons (Fsp3) is 0.375. The van der Waals surface area contributed by atoms with E-state index in [9.17, 15) is 14.4 Å². The Balaban J connectivity index is 2.10. The summed E-state index contributed by atoms with van der Waals surface area (Å²) >= 11 is 0. The predicted octanol–water partition coefficient (Wildman–Crippen LogP) is 2.86. The van der Waals surface area contributed by atoms with E-state index < -0.39 is 17.4 Å². The van der Waals surface area contributed by atoms with Crippen LogP contribution in [-0.2, 0) is 29.3 Å². The minimum Gasteiger partial charge on any atom is -0.462 e. The van der Waals surface area contributed by atoms with Gasteiger partial charge in [-0.1, -0.05) is 38.1 Å². The highest BCUT2D eigenvalue weighted by Gasteiger charge is 2.64. The van der Waals surface area contributed by atoms with Gasteiger partial charge in [0.2, 0.25) is 0 Å². The lowest BCUT2D eigenvalue weighted by molar-refractivity contribution is -0.146. The molecular formula is C24H26N2O5. The van der Waals surface area contributed by atoms with Crippen molar-refractivity contribution in [2.75, 3.05) is 18.1 Å². The molecule has 0 amide bonds. The average Bonchev–Trinajstić information content (AvgIpc) is 2.96. The molecule has 0 bridgehead atoms. The van der Waals surface area contributed by atoms with Crippen molar-refractivity contribution in [3.63, 3.8) is 0 Å². The molecule has 7 heteroatoms. The van der Waals surface area contributed by atoms with Crippen LogP contribution in [0.15, 0.2) is 59.6 Å². The molecule has 0 saturated carbocycles. The maximum absolute atomic E-state index is 13.6. The van der Waals surface area contributed by atoms with E-state index in [1.54, 1.807) is 36.1 Å². The van der Waals surface area contributed by atoms with Gasteiger partial charge >= 0.3 is 11.9 Å². The molecule has 0 aromatic heterocycles. The SMILES string of the molecule is C=CCN1C(N)=C(C(=O)OCC)C2(C(=O)OC3=C2C(=O)CC(C)(C)C3)c2ccccc21. The molecule has 2 aliphatic heterocycles. The molecule has 1 spiro atoms. The van der Waals surface area contributed by atoms with E-state index >= 15 is 0 Å². The first-order valence-electron chi connectivity index (χ1n) is 10.3. The second-order valence-corrected chi connectivity index (χ2v) is 8.78. The van der Waals surface area contributed by atoms with Gasteiger partial charge in [-0.3, -0.25) is 4.79 Å². The van der Waals surface area contributed by atoms with Crippen molar-refractivity contribution in [2.45, 2.75) is 39.0 Å². The predicted molar refractivity (Wildman–Crippen MR) is 115 cm³/mol. The Bertz CT molecular complexity index is 1080. The minimum absolute atomic E-state index is 0.0559. The highest BCUT2D eigenvalue weighted by molar-refractivity contribution is 6.18. The van der Waals surface area contributed by atoms with Gasteiger partial charge in [0.25, 0.3) is 0 Å². The molecule has 1 aromatic carbocycles. The normalized spacial score (nSPS) is 24.2. The summed E-state index contributed by atoms with van der Waals surface area (Å²) in [4.78, 5) is 42.0. The number of rotatable bonds is 4. The number of para-hydroxylation sites is 1. The number of ether oxygens (including phenoxy) is 2. The highest BCUT2D eigenvalue weighted by atomic mass is 16.5. The zero-order valence-corrected chi connectivity index (χ0v) is 18.0. The number of benzene rings is 1. The molecule has 0 radical (unpaired) electrons. The Morgan fingerprint density at radius 1 is 1.29 bits per heavy atom. The number of allylic oxidation sites excluding steroid dienone is 1. The summed E-state index contributed by atoms with van der Waals surface area (Å²) in [6.07, 6.45) is 2.30. The molecule has 1 unspecified atom stereocenters. The third-order valence-electron chi connectivity index (χ3n) is 6.05. The van der Waals surface area contributed by atoms with Crippen LogP contribution in [0.1, 0.15) is 39.2 Å². The van der Waals surface area contributed by atoms with E-state index in [2.05, 4.69) is 6.58 Å². The van der Waals surface area contributed by atoms with Gasteiger partial charge in [0.05, 0.1) is 12.2 Å². The van der Waals surface area contributed by atoms with E-state index in [1.807, 2.05) is 19.9 Å². The molecule has 1 aromatic rings. The molecule has 3 aliphatic rings. The van der Waals surface area contributed by atoms with Crippen LogP contribution in [0.4, 0.5) is 5.69 Å². The quantitative estimate of drug-likeness (QED) is 0.588. The molecule has 2 heterocycles. The van der Waals surface area contributed by atoms with Gasteiger partial charge in [-0.25, -0.2) is 9.59 Å². The van der Waals surface area contributed by atoms with E-state index in [0.29, 0.717) is 30.0 Å². The van der Waals surface area contributed by atoms with E-state index in [-0.39, 0.29) is 41.2 Å². The number of hydrogen-bond donors (Lipinski definition) is 1. The zero-order chi connectivity index (χ0) is 22.6. The lowest BCUT2D eigenvalue weighted by atomic mass is 9.62. The molecule has 4 rings (SSSR count). The van der Waals surface area contributed by atoms with Crippen molar-refractivity contribution in [3.8, 4) is 0 Å². The summed E-state index contributed by atoms with van der Waals surface area (Å²) in [7, 11) is 0. The molecule has 7 nitrogen and oxygen atoms in total. The number of fused-ring (bicyclic) bond motifs is 3. The standard InChI is InChI=1S/C24H26N2O5/c1-5-11-26-15-10-8-7-9-14(15)24(19(20(26)25)21(28)30-6-2)18-16(27)12-23(3,4)13-17(18)31-22(24)29/h5,7-10H,1,6,11-13,25H2,2-4H3. The first kappa shape index (κ1) is 20.9. The Morgan fingerprint density at radius 2 is 2.00 bits per heavy atom. The summed E-state index contributed by atoms with van der Waals surface area (Å²) in [5, 5.41) is 0. The maximum Gasteiger partial charge on any atom is 0.339 e. The van der Waals surface area contributed by atoms with Crippen LogP contribution in [0.25, 0.3) is 0 Å². The Labute approximate surface area is 181 Å². The van der Waals surface area contributed by atoms with Gasteiger partial charge in [-0.05, 0) is 18.4 Å². The number of Topliss-reactive ketones (excluding diaryl/α,β-unsaturated/α-hetero) is 1. The second-order valence-electron chi connectivity index (χ2n) is 8.78. The fourth-order valence-electron chi connectivity index (χ4n) is 4.94. The minimum atomic E-state index is -1.74. The molecule has 2 N–H and O–H groups in total. The summed E-state index contributed by atoms with van der Waals surface area (Å²) in [6, 6.07) is 7.12. The number of nitrogens with two attached hydrogens (primary N) is 1. The van der Waals surface area contributed by atoms with Crippen molar-refractivity contribution >= 4 is 23.4 Å². The maximum atomic E-state index is 13.6. The van der Waals surface area contributed by atoms with Crippen LogP contribution in [0.2, 0.25) is 0 Å². The summed E-state index contributed by atoms with van der Waals surface area (Å²) in [6.45, 7) is 9.75. The second kappa shape index (κ2) is 7.11. The van der Waals surface area contributed by atoms with Gasteiger partial charge in [-0.15, -0.1) is 6.58 Å². The number of nitrogens with zero attached hydrogens (tertiary/aromatic N) is 1. The molecule has 1 aliphatic carbocycles. The third kappa shape index (κ3) is 2.83. The van der Waals surface area contributed by atoms with Gasteiger partial charge in [0.1, 0.15) is 17.2 Å². The van der Waals surface area contributed by atoms with Gasteiger partial charge < -0.3 is 20.1 Å². The van der Waals surface area contributed by atoms with Crippen LogP contribution in [0.3, 0.4) is 0 Å². The van der Waals surface area contributed by atoms with Crippen LogP contribution in [0.5, 0.6) is 0 Å². The largest absolute Gasteiger partial charge is 0.462 e. The van der Waals surface area contributed by atoms with Crippen molar-refractivity contribution in [3.05, 3.63) is 65.2 Å².